The molecule has 3 amide bonds. The van der Waals surface area contributed by atoms with Crippen LogP contribution in [0.5, 0.6) is 0 Å². The van der Waals surface area contributed by atoms with E-state index in [1.807, 2.05) is 18.2 Å². The summed E-state index contributed by atoms with van der Waals surface area (Å²) >= 11 is 0. The van der Waals surface area contributed by atoms with Crippen molar-refractivity contribution in [2.75, 3.05) is 19.6 Å². The standard InChI is InChI=1S/C21H28N4O3/c1-21(2)12-24(11-15(21)8-22)9-13-4-3-5-14-10-25(20(28)18(13)14)16-6-7-17(26)23-19(16)27/h3-5,15-16H,6-12,22H2,1-2H3,(H,23,26,27). The monoisotopic (exact) mass is 384 g/mol. The maximum Gasteiger partial charge on any atom is 0.255 e. The van der Waals surface area contributed by atoms with Crippen LogP contribution in [-0.4, -0.2) is 53.2 Å². The van der Waals surface area contributed by atoms with E-state index in [2.05, 4.69) is 24.1 Å². The second-order valence-corrected chi connectivity index (χ2v) is 8.94. The van der Waals surface area contributed by atoms with Gasteiger partial charge in [0.05, 0.1) is 0 Å². The Morgan fingerprint density at radius 2 is 2.04 bits per heavy atom. The number of nitrogens with one attached hydrogen (secondary N) is 1. The number of piperidine rings is 1. The van der Waals surface area contributed by atoms with Gasteiger partial charge in [0, 0.05) is 38.2 Å². The number of carbonyl (C=O) groups is 3. The highest BCUT2D eigenvalue weighted by atomic mass is 16.2. The lowest BCUT2D eigenvalue weighted by Gasteiger charge is -2.29. The van der Waals surface area contributed by atoms with Crippen molar-refractivity contribution in [2.24, 2.45) is 17.1 Å². The summed E-state index contributed by atoms with van der Waals surface area (Å²) in [5.74, 6) is -0.294. The van der Waals surface area contributed by atoms with Gasteiger partial charge in [0.15, 0.2) is 0 Å². The van der Waals surface area contributed by atoms with Crippen LogP contribution in [0.15, 0.2) is 18.2 Å². The normalized spacial score (nSPS) is 27.2. The zero-order valence-corrected chi connectivity index (χ0v) is 16.5. The third-order valence-corrected chi connectivity index (χ3v) is 6.53. The summed E-state index contributed by atoms with van der Waals surface area (Å²) in [6.45, 7) is 8.16. The fourth-order valence-corrected chi connectivity index (χ4v) is 4.91. The summed E-state index contributed by atoms with van der Waals surface area (Å²) in [5, 5.41) is 2.36. The second-order valence-electron chi connectivity index (χ2n) is 8.94. The van der Waals surface area contributed by atoms with Gasteiger partial charge in [-0.1, -0.05) is 32.0 Å². The molecule has 7 nitrogen and oxygen atoms in total. The van der Waals surface area contributed by atoms with E-state index in [1.54, 1.807) is 4.90 Å². The molecule has 2 fully saturated rings. The minimum absolute atomic E-state index is 0.103. The Morgan fingerprint density at radius 3 is 2.71 bits per heavy atom. The minimum atomic E-state index is -0.571. The lowest BCUT2D eigenvalue weighted by Crippen LogP contribution is -2.52. The van der Waals surface area contributed by atoms with Gasteiger partial charge in [0.2, 0.25) is 11.8 Å². The molecule has 0 saturated carbocycles. The van der Waals surface area contributed by atoms with Crippen molar-refractivity contribution in [3.8, 4) is 0 Å². The van der Waals surface area contributed by atoms with Gasteiger partial charge in [-0.15, -0.1) is 0 Å². The average Bonchev–Trinajstić information content (AvgIpc) is 3.11. The van der Waals surface area contributed by atoms with Gasteiger partial charge in [0.1, 0.15) is 6.04 Å². The zero-order valence-electron chi connectivity index (χ0n) is 16.5. The molecule has 4 rings (SSSR count). The van der Waals surface area contributed by atoms with E-state index < -0.39 is 6.04 Å². The summed E-state index contributed by atoms with van der Waals surface area (Å²) < 4.78 is 0. The number of nitrogens with two attached hydrogens (primary N) is 1. The van der Waals surface area contributed by atoms with E-state index in [4.69, 9.17) is 5.73 Å². The molecule has 0 bridgehead atoms. The molecule has 0 aromatic heterocycles. The van der Waals surface area contributed by atoms with Gasteiger partial charge in [-0.3, -0.25) is 24.6 Å². The van der Waals surface area contributed by atoms with Crippen molar-refractivity contribution in [3.63, 3.8) is 0 Å². The van der Waals surface area contributed by atoms with Gasteiger partial charge in [-0.2, -0.15) is 0 Å². The summed E-state index contributed by atoms with van der Waals surface area (Å²) in [6, 6.07) is 5.38. The molecule has 3 aliphatic heterocycles. The number of hydrogen-bond acceptors (Lipinski definition) is 5. The number of amides is 3. The van der Waals surface area contributed by atoms with Crippen LogP contribution in [-0.2, 0) is 22.7 Å². The first-order valence-electron chi connectivity index (χ1n) is 9.98. The molecule has 1 aromatic carbocycles. The van der Waals surface area contributed by atoms with Crippen LogP contribution in [0, 0.1) is 11.3 Å². The molecule has 2 atom stereocenters. The molecular weight excluding hydrogens is 356 g/mol. The molecule has 150 valence electrons. The van der Waals surface area contributed by atoms with Crippen molar-refractivity contribution in [2.45, 2.75) is 45.8 Å². The number of carbonyl (C=O) groups excluding carboxylic acids is 3. The van der Waals surface area contributed by atoms with Crippen molar-refractivity contribution in [1.29, 1.82) is 0 Å². The third kappa shape index (κ3) is 3.22. The number of rotatable bonds is 4. The molecular formula is C21H28N4O3. The van der Waals surface area contributed by atoms with Gasteiger partial charge in [-0.05, 0) is 35.4 Å². The first-order valence-corrected chi connectivity index (χ1v) is 9.98. The van der Waals surface area contributed by atoms with E-state index in [0.29, 0.717) is 32.0 Å². The Bertz CT molecular complexity index is 835. The van der Waals surface area contributed by atoms with Gasteiger partial charge in [-0.25, -0.2) is 0 Å². The number of hydrogen-bond donors (Lipinski definition) is 2. The fraction of sp³-hybridized carbons (Fsp3) is 0.571. The molecule has 0 radical (unpaired) electrons. The first kappa shape index (κ1) is 19.1. The number of fused-ring (bicyclic) bond motifs is 1. The molecule has 0 aliphatic carbocycles. The highest BCUT2D eigenvalue weighted by Crippen LogP contribution is 2.36. The molecule has 28 heavy (non-hydrogen) atoms. The Morgan fingerprint density at radius 1 is 1.25 bits per heavy atom. The van der Waals surface area contributed by atoms with Crippen LogP contribution in [0.4, 0.5) is 0 Å². The fourth-order valence-electron chi connectivity index (χ4n) is 4.91. The Labute approximate surface area is 165 Å². The van der Waals surface area contributed by atoms with Crippen molar-refractivity contribution < 1.29 is 14.4 Å². The van der Waals surface area contributed by atoms with Crippen molar-refractivity contribution in [1.82, 2.24) is 15.1 Å². The van der Waals surface area contributed by atoms with Crippen molar-refractivity contribution in [3.05, 3.63) is 34.9 Å². The smallest absolute Gasteiger partial charge is 0.255 e. The molecule has 3 aliphatic rings. The van der Waals surface area contributed by atoms with Gasteiger partial charge >= 0.3 is 0 Å². The predicted octanol–water partition coefficient (Wildman–Crippen LogP) is 0.864. The molecule has 1 aromatic rings. The Balaban J connectivity index is 1.54. The zero-order chi connectivity index (χ0) is 20.1. The van der Waals surface area contributed by atoms with E-state index in [0.717, 1.165) is 29.8 Å². The molecule has 7 heteroatoms. The lowest BCUT2D eigenvalue weighted by molar-refractivity contribution is -0.136. The van der Waals surface area contributed by atoms with E-state index in [9.17, 15) is 14.4 Å². The van der Waals surface area contributed by atoms with Crippen LogP contribution in [0.1, 0.15) is 48.2 Å². The van der Waals surface area contributed by atoms with E-state index in [-0.39, 0.29) is 29.6 Å². The maximum absolute atomic E-state index is 13.2. The summed E-state index contributed by atoms with van der Waals surface area (Å²) in [5.41, 5.74) is 8.80. The quantitative estimate of drug-likeness (QED) is 0.751. The minimum Gasteiger partial charge on any atom is -0.330 e. The number of imide groups is 1. The average molecular weight is 384 g/mol. The number of nitrogens with zero attached hydrogens (tertiary/aromatic N) is 2. The van der Waals surface area contributed by atoms with Crippen LogP contribution in [0.2, 0.25) is 0 Å². The van der Waals surface area contributed by atoms with Gasteiger partial charge in [0.25, 0.3) is 5.91 Å². The van der Waals surface area contributed by atoms with Crippen LogP contribution >= 0.6 is 0 Å². The SMILES string of the molecule is CC1(C)CN(Cc2cccc3c2C(=O)N(C2CCC(=O)NC2=O)C3)CC1CN. The summed E-state index contributed by atoms with van der Waals surface area (Å²) in [4.78, 5) is 40.9. The van der Waals surface area contributed by atoms with E-state index in [1.165, 1.54) is 0 Å². The Hall–Kier alpha value is -2.25. The van der Waals surface area contributed by atoms with E-state index >= 15 is 0 Å². The van der Waals surface area contributed by atoms with Crippen LogP contribution in [0.3, 0.4) is 0 Å². The lowest BCUT2D eigenvalue weighted by atomic mass is 9.82. The Kier molecular flexibility index (Phi) is 4.75. The second kappa shape index (κ2) is 6.97. The van der Waals surface area contributed by atoms with Gasteiger partial charge < -0.3 is 10.6 Å². The predicted molar refractivity (Wildman–Crippen MR) is 104 cm³/mol. The third-order valence-electron chi connectivity index (χ3n) is 6.53. The van der Waals surface area contributed by atoms with Crippen molar-refractivity contribution >= 4 is 17.7 Å². The largest absolute Gasteiger partial charge is 0.330 e. The first-order chi connectivity index (χ1) is 13.3. The topological polar surface area (TPSA) is 95.7 Å². The highest BCUT2D eigenvalue weighted by Gasteiger charge is 2.41. The highest BCUT2D eigenvalue weighted by molar-refractivity contribution is 6.05. The number of benzene rings is 1. The summed E-state index contributed by atoms with van der Waals surface area (Å²) in [7, 11) is 0. The molecule has 2 saturated heterocycles. The summed E-state index contributed by atoms with van der Waals surface area (Å²) in [6.07, 6.45) is 0.658. The molecule has 2 unspecified atom stereocenters. The van der Waals surface area contributed by atoms with Crippen LogP contribution < -0.4 is 11.1 Å². The maximum atomic E-state index is 13.2. The molecule has 3 N–H and O–H groups in total. The van der Waals surface area contributed by atoms with Crippen LogP contribution in [0.25, 0.3) is 0 Å². The number of likely N-dealkylation sites (tertiary alicyclic amines) is 1. The molecule has 3 heterocycles. The molecule has 0 spiro atoms.